The highest BCUT2D eigenvalue weighted by Gasteiger charge is 2.22. The average Bonchev–Trinajstić information content (AvgIpc) is 3.26. The normalized spacial score (nSPS) is 12.2. The summed E-state index contributed by atoms with van der Waals surface area (Å²) in [7, 11) is 1.91. The number of rotatable bonds is 4. The maximum atomic E-state index is 12.9. The molecular weight excluding hydrogens is 366 g/mol. The molecule has 1 atom stereocenters. The van der Waals surface area contributed by atoms with Gasteiger partial charge in [-0.15, -0.1) is 11.3 Å². The summed E-state index contributed by atoms with van der Waals surface area (Å²) in [5, 5.41) is 4.85. The number of hydrogen-bond acceptors (Lipinski definition) is 3. The third-order valence-corrected chi connectivity index (χ3v) is 5.61. The van der Waals surface area contributed by atoms with Crippen LogP contribution in [0.5, 0.6) is 0 Å². The van der Waals surface area contributed by atoms with E-state index in [1.54, 1.807) is 6.20 Å². The minimum Gasteiger partial charge on any atom is -0.337 e. The molecule has 0 unspecified atom stereocenters. The number of amides is 1. The Morgan fingerprint density at radius 3 is 2.65 bits per heavy atom. The zero-order valence-electron chi connectivity index (χ0n) is 14.0. The molecule has 0 bridgehead atoms. The first-order valence-electron chi connectivity index (χ1n) is 8.14. The predicted octanol–water partition coefficient (Wildman–Crippen LogP) is 4.81. The van der Waals surface area contributed by atoms with Gasteiger partial charge < -0.3 is 9.88 Å². The number of fused-ring (bicyclic) bond motifs is 1. The molecular formula is C20H16ClN3OS. The number of aromatic nitrogens is 2. The quantitative estimate of drug-likeness (QED) is 0.551. The van der Waals surface area contributed by atoms with Crippen LogP contribution in [0.4, 0.5) is 0 Å². The Morgan fingerprint density at radius 2 is 1.96 bits per heavy atom. The van der Waals surface area contributed by atoms with E-state index < -0.39 is 0 Å². The highest BCUT2D eigenvalue weighted by molar-refractivity contribution is 7.20. The van der Waals surface area contributed by atoms with Crippen molar-refractivity contribution >= 4 is 38.9 Å². The molecule has 4 nitrogen and oxygen atoms in total. The fourth-order valence-electron chi connectivity index (χ4n) is 2.90. The van der Waals surface area contributed by atoms with Crippen LogP contribution in [0.25, 0.3) is 10.1 Å². The summed E-state index contributed by atoms with van der Waals surface area (Å²) in [6.45, 7) is 0. The molecule has 130 valence electrons. The molecule has 0 spiro atoms. The summed E-state index contributed by atoms with van der Waals surface area (Å²) in [5.41, 5.74) is 0.929. The van der Waals surface area contributed by atoms with Crippen molar-refractivity contribution in [1.29, 1.82) is 0 Å². The van der Waals surface area contributed by atoms with Crippen LogP contribution >= 0.6 is 22.9 Å². The van der Waals surface area contributed by atoms with Crippen molar-refractivity contribution in [2.75, 3.05) is 0 Å². The van der Waals surface area contributed by atoms with Crippen molar-refractivity contribution in [3.8, 4) is 0 Å². The smallest absolute Gasteiger partial charge is 0.262 e. The van der Waals surface area contributed by atoms with Gasteiger partial charge in [-0.1, -0.05) is 41.9 Å². The van der Waals surface area contributed by atoms with Crippen molar-refractivity contribution in [2.24, 2.45) is 7.05 Å². The molecule has 0 aliphatic rings. The molecule has 0 aliphatic carbocycles. The van der Waals surface area contributed by atoms with Crippen LogP contribution in [0.1, 0.15) is 27.1 Å². The van der Waals surface area contributed by atoms with Crippen molar-refractivity contribution in [1.82, 2.24) is 14.9 Å². The van der Waals surface area contributed by atoms with E-state index in [2.05, 4.69) is 10.3 Å². The van der Waals surface area contributed by atoms with E-state index in [0.717, 1.165) is 21.5 Å². The summed E-state index contributed by atoms with van der Waals surface area (Å²) in [5.74, 6) is 0.649. The lowest BCUT2D eigenvalue weighted by Gasteiger charge is -2.19. The molecule has 2 heterocycles. The van der Waals surface area contributed by atoms with Gasteiger partial charge in [-0.05, 0) is 35.2 Å². The van der Waals surface area contributed by atoms with Gasteiger partial charge in [0.2, 0.25) is 0 Å². The molecule has 26 heavy (non-hydrogen) atoms. The van der Waals surface area contributed by atoms with E-state index in [4.69, 9.17) is 11.6 Å². The van der Waals surface area contributed by atoms with Gasteiger partial charge in [0.05, 0.1) is 4.88 Å². The lowest BCUT2D eigenvalue weighted by atomic mass is 10.1. The number of aryl methyl sites for hydroxylation is 1. The molecule has 0 saturated carbocycles. The van der Waals surface area contributed by atoms with E-state index >= 15 is 0 Å². The molecule has 4 aromatic rings. The zero-order valence-corrected chi connectivity index (χ0v) is 15.6. The van der Waals surface area contributed by atoms with E-state index in [0.29, 0.717) is 9.90 Å². The Morgan fingerprint density at radius 1 is 1.19 bits per heavy atom. The minimum atomic E-state index is -0.357. The molecule has 0 fully saturated rings. The molecule has 6 heteroatoms. The topological polar surface area (TPSA) is 46.9 Å². The summed E-state index contributed by atoms with van der Waals surface area (Å²) in [6, 6.07) is 17.0. The van der Waals surface area contributed by atoms with Crippen LogP contribution in [0.3, 0.4) is 0 Å². The number of carbonyl (C=O) groups is 1. The summed E-state index contributed by atoms with van der Waals surface area (Å²) < 4.78 is 3.00. The van der Waals surface area contributed by atoms with Crippen molar-refractivity contribution in [3.63, 3.8) is 0 Å². The van der Waals surface area contributed by atoms with E-state index in [1.165, 1.54) is 11.3 Å². The van der Waals surface area contributed by atoms with E-state index in [-0.39, 0.29) is 11.9 Å². The molecule has 1 N–H and O–H groups in total. The molecule has 1 amide bonds. The first-order chi connectivity index (χ1) is 12.6. The number of halogens is 1. The number of thiophene rings is 1. The second-order valence-electron chi connectivity index (χ2n) is 6.00. The zero-order chi connectivity index (χ0) is 18.1. The van der Waals surface area contributed by atoms with Gasteiger partial charge in [-0.25, -0.2) is 4.98 Å². The second-order valence-corrected chi connectivity index (χ2v) is 7.52. The minimum absolute atomic E-state index is 0.117. The Labute approximate surface area is 160 Å². The molecule has 0 radical (unpaired) electrons. The maximum Gasteiger partial charge on any atom is 0.262 e. The van der Waals surface area contributed by atoms with Gasteiger partial charge in [0.25, 0.3) is 5.91 Å². The van der Waals surface area contributed by atoms with Gasteiger partial charge in [-0.3, -0.25) is 4.79 Å². The average molecular weight is 382 g/mol. The van der Waals surface area contributed by atoms with E-state index in [1.807, 2.05) is 72.4 Å². The predicted molar refractivity (Wildman–Crippen MR) is 106 cm³/mol. The van der Waals surface area contributed by atoms with Crippen molar-refractivity contribution in [3.05, 3.63) is 88.3 Å². The van der Waals surface area contributed by atoms with Gasteiger partial charge in [0, 0.05) is 29.2 Å². The van der Waals surface area contributed by atoms with Gasteiger partial charge in [0.15, 0.2) is 0 Å². The highest BCUT2D eigenvalue weighted by atomic mass is 35.5. The van der Waals surface area contributed by atoms with Gasteiger partial charge >= 0.3 is 0 Å². The first kappa shape index (κ1) is 16.8. The van der Waals surface area contributed by atoms with Crippen molar-refractivity contribution < 1.29 is 4.79 Å². The lowest BCUT2D eigenvalue weighted by Crippen LogP contribution is -2.30. The van der Waals surface area contributed by atoms with Gasteiger partial charge in [0.1, 0.15) is 11.9 Å². The van der Waals surface area contributed by atoms with Crippen LogP contribution in [0, 0.1) is 0 Å². The Balaban J connectivity index is 1.69. The van der Waals surface area contributed by atoms with Crippen LogP contribution in [0.15, 0.2) is 67.0 Å². The van der Waals surface area contributed by atoms with Crippen molar-refractivity contribution in [2.45, 2.75) is 6.04 Å². The van der Waals surface area contributed by atoms with E-state index in [9.17, 15) is 4.79 Å². The number of benzene rings is 2. The Kier molecular flexibility index (Phi) is 4.49. The largest absolute Gasteiger partial charge is 0.337 e. The Hall–Kier alpha value is -2.63. The maximum absolute atomic E-state index is 12.9. The first-order valence-corrected chi connectivity index (χ1v) is 9.33. The Bertz CT molecular complexity index is 1040. The van der Waals surface area contributed by atoms with Crippen LogP contribution in [-0.2, 0) is 7.05 Å². The lowest BCUT2D eigenvalue weighted by molar-refractivity contribution is 0.0945. The standard InChI is InChI=1S/C20H16ClN3OS/c1-24-11-10-22-19(24)18(13-6-8-15(21)9-7-13)23-20(25)17-12-14-4-2-3-5-16(14)26-17/h2-12,18H,1H3,(H,23,25)/t18-/m1/s1. The summed E-state index contributed by atoms with van der Waals surface area (Å²) in [6.07, 6.45) is 3.59. The molecule has 0 saturated heterocycles. The number of nitrogens with one attached hydrogen (secondary N) is 1. The molecule has 4 rings (SSSR count). The monoisotopic (exact) mass is 381 g/mol. The van der Waals surface area contributed by atoms with Crippen LogP contribution < -0.4 is 5.32 Å². The third kappa shape index (κ3) is 3.23. The number of hydrogen-bond donors (Lipinski definition) is 1. The third-order valence-electron chi connectivity index (χ3n) is 4.24. The molecule has 2 aromatic carbocycles. The van der Waals surface area contributed by atoms with Crippen LogP contribution in [0.2, 0.25) is 5.02 Å². The van der Waals surface area contributed by atoms with Crippen LogP contribution in [-0.4, -0.2) is 15.5 Å². The SMILES string of the molecule is Cn1ccnc1[C@H](NC(=O)c1cc2ccccc2s1)c1ccc(Cl)cc1. The summed E-state index contributed by atoms with van der Waals surface area (Å²) in [4.78, 5) is 18.0. The molecule has 2 aromatic heterocycles. The van der Waals surface area contributed by atoms with Gasteiger partial charge in [-0.2, -0.15) is 0 Å². The molecule has 0 aliphatic heterocycles. The highest BCUT2D eigenvalue weighted by Crippen LogP contribution is 2.27. The summed E-state index contributed by atoms with van der Waals surface area (Å²) >= 11 is 7.50. The second kappa shape index (κ2) is 6.94. The number of carbonyl (C=O) groups excluding carboxylic acids is 1. The fourth-order valence-corrected chi connectivity index (χ4v) is 4.00. The number of nitrogens with zero attached hydrogens (tertiary/aromatic N) is 2. The number of imidazole rings is 1. The fraction of sp³-hybridized carbons (Fsp3) is 0.100.